The van der Waals surface area contributed by atoms with E-state index >= 15 is 0 Å². The van der Waals surface area contributed by atoms with E-state index < -0.39 is 5.92 Å². The molecule has 1 aliphatic heterocycles. The van der Waals surface area contributed by atoms with Gasteiger partial charge in [0.05, 0.1) is 18.7 Å². The van der Waals surface area contributed by atoms with Crippen molar-refractivity contribution in [3.8, 4) is 5.75 Å². The lowest BCUT2D eigenvalue weighted by Gasteiger charge is -2.20. The molecule has 3 rings (SSSR count). The number of benzene rings is 2. The molecular formula is C20H21ClN2O3. The largest absolute Gasteiger partial charge is 0.495 e. The molecule has 0 bridgehead atoms. The van der Waals surface area contributed by atoms with Crippen molar-refractivity contribution in [1.82, 2.24) is 0 Å². The van der Waals surface area contributed by atoms with Crippen molar-refractivity contribution in [2.24, 2.45) is 5.92 Å². The van der Waals surface area contributed by atoms with Gasteiger partial charge in [0.15, 0.2) is 0 Å². The minimum atomic E-state index is -0.425. The number of halogens is 1. The van der Waals surface area contributed by atoms with Crippen LogP contribution in [0.25, 0.3) is 0 Å². The van der Waals surface area contributed by atoms with Crippen LogP contribution in [0.2, 0.25) is 5.02 Å². The zero-order valence-electron chi connectivity index (χ0n) is 15.0. The van der Waals surface area contributed by atoms with Gasteiger partial charge in [0.1, 0.15) is 5.75 Å². The van der Waals surface area contributed by atoms with Crippen LogP contribution in [-0.2, 0) is 9.59 Å². The van der Waals surface area contributed by atoms with Crippen LogP contribution in [0, 0.1) is 19.8 Å². The molecule has 1 fully saturated rings. The standard InChI is InChI=1S/C20H21ClN2O3/c1-12-4-7-18(26-3)17(8-12)23-11-14(9-19(23)24)20(25)22-16-10-15(21)6-5-13(16)2/h4-8,10,14H,9,11H2,1-3H3,(H,22,25)/t14-/m0/s1. The number of nitrogens with one attached hydrogen (secondary N) is 1. The lowest BCUT2D eigenvalue weighted by molar-refractivity contribution is -0.122. The van der Waals surface area contributed by atoms with Crippen molar-refractivity contribution in [2.75, 3.05) is 23.9 Å². The lowest BCUT2D eigenvalue weighted by Crippen LogP contribution is -2.28. The van der Waals surface area contributed by atoms with E-state index in [9.17, 15) is 9.59 Å². The number of amides is 2. The summed E-state index contributed by atoms with van der Waals surface area (Å²) in [7, 11) is 1.57. The number of ether oxygens (including phenoxy) is 1. The fraction of sp³-hybridized carbons (Fsp3) is 0.300. The molecule has 136 valence electrons. The molecule has 2 aromatic carbocycles. The minimum Gasteiger partial charge on any atom is -0.495 e. The summed E-state index contributed by atoms with van der Waals surface area (Å²) < 4.78 is 5.37. The third kappa shape index (κ3) is 3.68. The summed E-state index contributed by atoms with van der Waals surface area (Å²) in [5.41, 5.74) is 3.31. The first kappa shape index (κ1) is 18.3. The van der Waals surface area contributed by atoms with E-state index in [1.54, 1.807) is 24.1 Å². The molecule has 0 unspecified atom stereocenters. The number of carbonyl (C=O) groups excluding carboxylic acids is 2. The van der Waals surface area contributed by atoms with E-state index in [1.165, 1.54) is 0 Å². The smallest absolute Gasteiger partial charge is 0.229 e. The zero-order valence-corrected chi connectivity index (χ0v) is 15.8. The Hall–Kier alpha value is -2.53. The van der Waals surface area contributed by atoms with Gasteiger partial charge in [0.2, 0.25) is 11.8 Å². The second-order valence-corrected chi connectivity index (χ2v) is 6.97. The van der Waals surface area contributed by atoms with Gasteiger partial charge < -0.3 is 15.0 Å². The third-order valence-electron chi connectivity index (χ3n) is 4.58. The van der Waals surface area contributed by atoms with Crippen LogP contribution in [0.3, 0.4) is 0 Å². The first-order valence-electron chi connectivity index (χ1n) is 8.41. The molecule has 5 nitrogen and oxygen atoms in total. The molecule has 2 aromatic rings. The van der Waals surface area contributed by atoms with Gasteiger partial charge in [0, 0.05) is 23.7 Å². The average Bonchev–Trinajstić information content (AvgIpc) is 3.00. The Bertz CT molecular complexity index is 866. The zero-order chi connectivity index (χ0) is 18.8. The summed E-state index contributed by atoms with van der Waals surface area (Å²) in [4.78, 5) is 26.8. The fourth-order valence-corrected chi connectivity index (χ4v) is 3.26. The number of methoxy groups -OCH3 is 1. The topological polar surface area (TPSA) is 58.6 Å². The van der Waals surface area contributed by atoms with Crippen molar-refractivity contribution in [3.05, 3.63) is 52.5 Å². The van der Waals surface area contributed by atoms with Crippen molar-refractivity contribution in [2.45, 2.75) is 20.3 Å². The van der Waals surface area contributed by atoms with E-state index in [4.69, 9.17) is 16.3 Å². The monoisotopic (exact) mass is 372 g/mol. The number of hydrogen-bond donors (Lipinski definition) is 1. The maximum atomic E-state index is 12.7. The highest BCUT2D eigenvalue weighted by atomic mass is 35.5. The first-order valence-corrected chi connectivity index (χ1v) is 8.79. The molecule has 1 saturated heterocycles. The van der Waals surface area contributed by atoms with Gasteiger partial charge in [-0.05, 0) is 49.2 Å². The number of hydrogen-bond acceptors (Lipinski definition) is 3. The van der Waals surface area contributed by atoms with Crippen LogP contribution in [0.5, 0.6) is 5.75 Å². The van der Waals surface area contributed by atoms with Gasteiger partial charge in [-0.3, -0.25) is 9.59 Å². The van der Waals surface area contributed by atoms with Gasteiger partial charge in [-0.15, -0.1) is 0 Å². The highest BCUT2D eigenvalue weighted by Crippen LogP contribution is 2.34. The maximum absolute atomic E-state index is 12.7. The molecule has 1 aliphatic rings. The van der Waals surface area contributed by atoms with Crippen LogP contribution in [0.15, 0.2) is 36.4 Å². The number of carbonyl (C=O) groups is 2. The minimum absolute atomic E-state index is 0.0862. The predicted octanol–water partition coefficient (Wildman–Crippen LogP) is 3.96. The second kappa shape index (κ2) is 7.38. The number of anilines is 2. The first-order chi connectivity index (χ1) is 12.4. The Labute approximate surface area is 157 Å². The van der Waals surface area contributed by atoms with E-state index in [1.807, 2.05) is 38.1 Å². The van der Waals surface area contributed by atoms with Crippen LogP contribution in [0.1, 0.15) is 17.5 Å². The molecule has 1 N–H and O–H groups in total. The summed E-state index contributed by atoms with van der Waals surface area (Å²) in [5.74, 6) is -0.0727. The van der Waals surface area contributed by atoms with Gasteiger partial charge >= 0.3 is 0 Å². The van der Waals surface area contributed by atoms with Crippen LogP contribution in [0.4, 0.5) is 11.4 Å². The molecule has 0 saturated carbocycles. The Morgan fingerprint density at radius 2 is 2.00 bits per heavy atom. The molecule has 0 spiro atoms. The van der Waals surface area contributed by atoms with E-state index in [0.717, 1.165) is 11.1 Å². The van der Waals surface area contributed by atoms with Crippen molar-refractivity contribution in [3.63, 3.8) is 0 Å². The Morgan fingerprint density at radius 1 is 1.23 bits per heavy atom. The Kier molecular flexibility index (Phi) is 5.18. The summed E-state index contributed by atoms with van der Waals surface area (Å²) >= 11 is 6.01. The molecular weight excluding hydrogens is 352 g/mol. The van der Waals surface area contributed by atoms with Crippen molar-refractivity contribution < 1.29 is 14.3 Å². The van der Waals surface area contributed by atoms with Gasteiger partial charge in [-0.2, -0.15) is 0 Å². The number of nitrogens with zero attached hydrogens (tertiary/aromatic N) is 1. The third-order valence-corrected chi connectivity index (χ3v) is 4.81. The van der Waals surface area contributed by atoms with Crippen molar-refractivity contribution in [1.29, 1.82) is 0 Å². The lowest BCUT2D eigenvalue weighted by atomic mass is 10.1. The van der Waals surface area contributed by atoms with Crippen LogP contribution >= 0.6 is 11.6 Å². The molecule has 0 radical (unpaired) electrons. The quantitative estimate of drug-likeness (QED) is 0.883. The molecule has 0 aliphatic carbocycles. The number of aryl methyl sites for hydroxylation is 2. The average molecular weight is 373 g/mol. The van der Waals surface area contributed by atoms with Gasteiger partial charge in [-0.25, -0.2) is 0 Å². The summed E-state index contributed by atoms with van der Waals surface area (Å²) in [6.07, 6.45) is 0.169. The highest BCUT2D eigenvalue weighted by Gasteiger charge is 2.36. The van der Waals surface area contributed by atoms with E-state index in [-0.39, 0.29) is 18.2 Å². The van der Waals surface area contributed by atoms with Crippen LogP contribution < -0.4 is 15.0 Å². The van der Waals surface area contributed by atoms with Crippen molar-refractivity contribution >= 4 is 34.8 Å². The molecule has 26 heavy (non-hydrogen) atoms. The fourth-order valence-electron chi connectivity index (χ4n) is 3.09. The van der Waals surface area contributed by atoms with E-state index in [0.29, 0.717) is 28.7 Å². The van der Waals surface area contributed by atoms with Gasteiger partial charge in [-0.1, -0.05) is 23.7 Å². The molecule has 0 aromatic heterocycles. The molecule has 2 amide bonds. The summed E-state index contributed by atoms with van der Waals surface area (Å²) in [6.45, 7) is 4.18. The Morgan fingerprint density at radius 3 is 2.73 bits per heavy atom. The van der Waals surface area contributed by atoms with E-state index in [2.05, 4.69) is 5.32 Å². The van der Waals surface area contributed by atoms with Gasteiger partial charge in [0.25, 0.3) is 0 Å². The molecule has 1 atom stereocenters. The second-order valence-electron chi connectivity index (χ2n) is 6.53. The predicted molar refractivity (Wildman–Crippen MR) is 103 cm³/mol. The summed E-state index contributed by atoms with van der Waals surface area (Å²) in [6, 6.07) is 11.0. The SMILES string of the molecule is COc1ccc(C)cc1N1C[C@@H](C(=O)Nc2cc(Cl)ccc2C)CC1=O. The normalized spacial score (nSPS) is 16.7. The number of rotatable bonds is 4. The molecule has 6 heteroatoms. The maximum Gasteiger partial charge on any atom is 0.229 e. The highest BCUT2D eigenvalue weighted by molar-refractivity contribution is 6.31. The molecule has 1 heterocycles. The Balaban J connectivity index is 1.78. The summed E-state index contributed by atoms with van der Waals surface area (Å²) in [5, 5.41) is 3.45. The van der Waals surface area contributed by atoms with Crippen LogP contribution in [-0.4, -0.2) is 25.5 Å².